The monoisotopic (exact) mass is 560 g/mol. The summed E-state index contributed by atoms with van der Waals surface area (Å²) in [5.41, 5.74) is 13.2. The number of aromatic nitrogens is 2. The van der Waals surface area contributed by atoms with E-state index in [-0.39, 0.29) is 0 Å². The highest BCUT2D eigenvalue weighted by molar-refractivity contribution is 6.13. The van der Waals surface area contributed by atoms with E-state index in [1.165, 1.54) is 71.6 Å². The molecule has 2 heteroatoms. The lowest BCUT2D eigenvalue weighted by Crippen LogP contribution is -1.93. The van der Waals surface area contributed by atoms with Gasteiger partial charge in [0.25, 0.3) is 0 Å². The van der Waals surface area contributed by atoms with E-state index in [0.717, 1.165) is 11.0 Å². The smallest absolute Gasteiger partial charge is 0.0541 e. The summed E-state index contributed by atoms with van der Waals surface area (Å²) in [5, 5.41) is 5.00. The van der Waals surface area contributed by atoms with E-state index in [0.29, 0.717) is 0 Å². The summed E-state index contributed by atoms with van der Waals surface area (Å²) < 4.78 is 2.39. The van der Waals surface area contributed by atoms with Gasteiger partial charge in [-0.2, -0.15) is 0 Å². The number of nitrogens with one attached hydrogen (secondary N) is 1. The minimum absolute atomic E-state index is 1.16. The third-order valence-corrected chi connectivity index (χ3v) is 8.93. The van der Waals surface area contributed by atoms with E-state index in [1.807, 2.05) is 0 Å². The van der Waals surface area contributed by atoms with Gasteiger partial charge in [0.05, 0.1) is 11.0 Å². The summed E-state index contributed by atoms with van der Waals surface area (Å²) in [4.78, 5) is 3.63. The van der Waals surface area contributed by atoms with Crippen LogP contribution in [0.4, 0.5) is 0 Å². The van der Waals surface area contributed by atoms with Crippen LogP contribution < -0.4 is 0 Å². The number of rotatable bonds is 4. The molecule has 0 aliphatic heterocycles. The second-order valence-corrected chi connectivity index (χ2v) is 11.5. The first-order valence-corrected chi connectivity index (χ1v) is 15.1. The van der Waals surface area contributed by atoms with Crippen LogP contribution >= 0.6 is 0 Å². The van der Waals surface area contributed by atoms with Gasteiger partial charge < -0.3 is 9.55 Å². The summed E-state index contributed by atoms with van der Waals surface area (Å²) in [7, 11) is 0. The van der Waals surface area contributed by atoms with Crippen molar-refractivity contribution < 1.29 is 0 Å². The maximum absolute atomic E-state index is 3.63. The van der Waals surface area contributed by atoms with Crippen molar-refractivity contribution in [2.75, 3.05) is 0 Å². The molecule has 0 spiro atoms. The molecule has 2 aromatic heterocycles. The van der Waals surface area contributed by atoms with E-state index in [1.54, 1.807) is 0 Å². The van der Waals surface area contributed by atoms with Gasteiger partial charge in [-0.3, -0.25) is 0 Å². The second kappa shape index (κ2) is 9.86. The molecule has 0 fully saturated rings. The number of hydrogen-bond donors (Lipinski definition) is 1. The highest BCUT2D eigenvalue weighted by atomic mass is 15.0. The SMILES string of the molecule is c1ccc(-c2ccc3[nH]c4ccc(-c5ccc6c(c5)c5cc(-c7ccccc7)ccc5n6-c5ccccc5)cc4c3c2)cc1. The molecule has 7 aromatic carbocycles. The van der Waals surface area contributed by atoms with Crippen LogP contribution in [0, 0.1) is 0 Å². The van der Waals surface area contributed by atoms with Crippen molar-refractivity contribution in [3.8, 4) is 39.1 Å². The highest BCUT2D eigenvalue weighted by Gasteiger charge is 2.15. The fourth-order valence-corrected chi connectivity index (χ4v) is 6.76. The van der Waals surface area contributed by atoms with Crippen LogP contribution in [0.5, 0.6) is 0 Å². The fraction of sp³-hybridized carbons (Fsp3) is 0. The largest absolute Gasteiger partial charge is 0.355 e. The zero-order valence-corrected chi connectivity index (χ0v) is 24.0. The zero-order chi connectivity index (χ0) is 29.0. The van der Waals surface area contributed by atoms with Gasteiger partial charge in [-0.15, -0.1) is 0 Å². The Hall–Kier alpha value is -5.86. The summed E-state index contributed by atoms with van der Waals surface area (Å²) in [6.45, 7) is 0. The molecular formula is C42H28N2. The molecule has 1 N–H and O–H groups in total. The van der Waals surface area contributed by atoms with E-state index < -0.39 is 0 Å². The van der Waals surface area contributed by atoms with E-state index in [2.05, 4.69) is 173 Å². The van der Waals surface area contributed by atoms with Gasteiger partial charge in [0.15, 0.2) is 0 Å². The Morgan fingerprint density at radius 3 is 1.18 bits per heavy atom. The number of fused-ring (bicyclic) bond motifs is 6. The van der Waals surface area contributed by atoms with E-state index in [9.17, 15) is 0 Å². The predicted molar refractivity (Wildman–Crippen MR) is 186 cm³/mol. The molecule has 2 nitrogen and oxygen atoms in total. The minimum atomic E-state index is 1.16. The van der Waals surface area contributed by atoms with Crippen molar-refractivity contribution in [3.05, 3.63) is 164 Å². The summed E-state index contributed by atoms with van der Waals surface area (Å²) in [6.07, 6.45) is 0. The van der Waals surface area contributed by atoms with Crippen molar-refractivity contribution >= 4 is 43.6 Å². The number of benzene rings is 7. The molecule has 0 atom stereocenters. The average molecular weight is 561 g/mol. The van der Waals surface area contributed by atoms with Crippen LogP contribution in [0.15, 0.2) is 164 Å². The van der Waals surface area contributed by atoms with Crippen LogP contribution in [-0.4, -0.2) is 9.55 Å². The number of aromatic amines is 1. The Morgan fingerprint density at radius 2 is 0.705 bits per heavy atom. The van der Waals surface area contributed by atoms with Crippen LogP contribution in [0.1, 0.15) is 0 Å². The van der Waals surface area contributed by atoms with Gasteiger partial charge >= 0.3 is 0 Å². The first-order valence-electron chi connectivity index (χ1n) is 15.1. The highest BCUT2D eigenvalue weighted by Crippen LogP contribution is 2.38. The maximum Gasteiger partial charge on any atom is 0.0541 e. The third-order valence-electron chi connectivity index (χ3n) is 8.93. The summed E-state index contributed by atoms with van der Waals surface area (Å²) >= 11 is 0. The van der Waals surface area contributed by atoms with Crippen LogP contribution in [0.3, 0.4) is 0 Å². The molecular weight excluding hydrogens is 532 g/mol. The summed E-state index contributed by atoms with van der Waals surface area (Å²) in [5.74, 6) is 0. The third kappa shape index (κ3) is 3.96. The molecule has 0 radical (unpaired) electrons. The van der Waals surface area contributed by atoms with Gasteiger partial charge in [0, 0.05) is 38.3 Å². The Labute approximate surface area is 255 Å². The molecule has 0 unspecified atom stereocenters. The molecule has 206 valence electrons. The number of nitrogens with zero attached hydrogens (tertiary/aromatic N) is 1. The van der Waals surface area contributed by atoms with Crippen LogP contribution in [0.2, 0.25) is 0 Å². The van der Waals surface area contributed by atoms with Gasteiger partial charge in [-0.25, -0.2) is 0 Å². The van der Waals surface area contributed by atoms with Gasteiger partial charge in [0.2, 0.25) is 0 Å². The molecule has 0 aliphatic rings. The number of hydrogen-bond acceptors (Lipinski definition) is 0. The van der Waals surface area contributed by atoms with Crippen molar-refractivity contribution in [1.82, 2.24) is 9.55 Å². The molecule has 0 saturated carbocycles. The molecule has 44 heavy (non-hydrogen) atoms. The fourth-order valence-electron chi connectivity index (χ4n) is 6.76. The van der Waals surface area contributed by atoms with Gasteiger partial charge in [0.1, 0.15) is 0 Å². The van der Waals surface area contributed by atoms with Crippen molar-refractivity contribution in [3.63, 3.8) is 0 Å². The van der Waals surface area contributed by atoms with E-state index >= 15 is 0 Å². The summed E-state index contributed by atoms with van der Waals surface area (Å²) in [6, 6.07) is 59.2. The van der Waals surface area contributed by atoms with Gasteiger partial charge in [-0.1, -0.05) is 103 Å². The number of para-hydroxylation sites is 1. The lowest BCUT2D eigenvalue weighted by atomic mass is 9.98. The zero-order valence-electron chi connectivity index (χ0n) is 24.0. The lowest BCUT2D eigenvalue weighted by molar-refractivity contribution is 1.18. The predicted octanol–water partition coefficient (Wildman–Crippen LogP) is 11.4. The van der Waals surface area contributed by atoms with Crippen molar-refractivity contribution in [2.24, 2.45) is 0 Å². The molecule has 0 aliphatic carbocycles. The first kappa shape index (κ1) is 24.7. The number of H-pyrrole nitrogens is 1. The van der Waals surface area contributed by atoms with Crippen LogP contribution in [0.25, 0.3) is 82.7 Å². The molecule has 0 bridgehead atoms. The Bertz CT molecular complexity index is 2470. The Balaban J connectivity index is 1.24. The van der Waals surface area contributed by atoms with Crippen molar-refractivity contribution in [1.29, 1.82) is 0 Å². The molecule has 9 aromatic rings. The molecule has 2 heterocycles. The van der Waals surface area contributed by atoms with Crippen molar-refractivity contribution in [2.45, 2.75) is 0 Å². The maximum atomic E-state index is 3.63. The normalized spacial score (nSPS) is 11.6. The minimum Gasteiger partial charge on any atom is -0.355 e. The quantitative estimate of drug-likeness (QED) is 0.221. The topological polar surface area (TPSA) is 20.7 Å². The standard InChI is InChI=1S/C42H28N2/c1-4-10-28(11-5-1)30-16-20-39-35(24-30)36-25-32(17-21-40(36)43-39)33-19-23-42-38(27-33)37-26-31(29-12-6-2-7-13-29)18-22-41(37)44(42)34-14-8-3-9-15-34/h1-27,43H. The first-order chi connectivity index (χ1) is 21.8. The second-order valence-electron chi connectivity index (χ2n) is 11.5. The Kier molecular flexibility index (Phi) is 5.54. The van der Waals surface area contributed by atoms with Gasteiger partial charge in [-0.05, 0) is 94.0 Å². The van der Waals surface area contributed by atoms with Crippen LogP contribution in [-0.2, 0) is 0 Å². The molecule has 0 amide bonds. The van der Waals surface area contributed by atoms with E-state index in [4.69, 9.17) is 0 Å². The molecule has 0 saturated heterocycles. The molecule has 9 rings (SSSR count). The lowest BCUT2D eigenvalue weighted by Gasteiger charge is -2.08. The Morgan fingerprint density at radius 1 is 0.318 bits per heavy atom. The average Bonchev–Trinajstić information content (AvgIpc) is 3.63.